The van der Waals surface area contributed by atoms with Gasteiger partial charge in [-0.1, -0.05) is 6.07 Å². The van der Waals surface area contributed by atoms with E-state index in [1.165, 1.54) is 14.6 Å². The first-order valence-electron chi connectivity index (χ1n) is 10.6. The summed E-state index contributed by atoms with van der Waals surface area (Å²) in [6, 6.07) is 2.64. The van der Waals surface area contributed by atoms with Crippen LogP contribution in [0.5, 0.6) is 0 Å². The van der Waals surface area contributed by atoms with Gasteiger partial charge in [0.05, 0.1) is 23.4 Å². The van der Waals surface area contributed by atoms with Crippen LogP contribution in [0, 0.1) is 5.82 Å². The highest BCUT2D eigenvalue weighted by Crippen LogP contribution is 2.31. The first kappa shape index (κ1) is 25.3. The van der Waals surface area contributed by atoms with Crippen molar-refractivity contribution in [3.63, 3.8) is 0 Å². The Morgan fingerprint density at radius 3 is 2.47 bits per heavy atom. The lowest BCUT2D eigenvalue weighted by Crippen LogP contribution is -2.46. The van der Waals surface area contributed by atoms with E-state index in [0.717, 1.165) is 12.1 Å². The Balaban J connectivity index is 1.86. The number of hydrogen-bond acceptors (Lipinski definition) is 6. The van der Waals surface area contributed by atoms with E-state index in [4.69, 9.17) is 4.74 Å². The second kappa shape index (κ2) is 9.15. The van der Waals surface area contributed by atoms with Gasteiger partial charge in [0, 0.05) is 33.6 Å². The summed E-state index contributed by atoms with van der Waals surface area (Å²) in [4.78, 5) is 31.6. The van der Waals surface area contributed by atoms with Crippen molar-refractivity contribution in [1.29, 1.82) is 0 Å². The van der Waals surface area contributed by atoms with Gasteiger partial charge in [-0.05, 0) is 38.5 Å². The molecule has 186 valence electrons. The topological polar surface area (TPSA) is 79.7 Å². The molecule has 0 aliphatic carbocycles. The molecule has 2 heterocycles. The van der Waals surface area contributed by atoms with Crippen LogP contribution in [0.15, 0.2) is 23.0 Å². The average molecular weight is 485 g/mol. The minimum absolute atomic E-state index is 0.0360. The number of nitrogens with one attached hydrogen (secondary N) is 1. The molecular formula is C22H27F4N5O3. The highest BCUT2D eigenvalue weighted by molar-refractivity contribution is 5.68. The number of fused-ring (bicyclic) bond motifs is 1. The zero-order valence-electron chi connectivity index (χ0n) is 19.6. The van der Waals surface area contributed by atoms with Crippen LogP contribution in [0.25, 0.3) is 0 Å². The van der Waals surface area contributed by atoms with Crippen LogP contribution in [0.2, 0.25) is 0 Å². The number of benzene rings is 1. The van der Waals surface area contributed by atoms with Crippen molar-refractivity contribution in [3.8, 4) is 0 Å². The van der Waals surface area contributed by atoms with Gasteiger partial charge in [-0.15, -0.1) is 0 Å². The van der Waals surface area contributed by atoms with Gasteiger partial charge in [-0.3, -0.25) is 4.79 Å². The number of halogens is 4. The summed E-state index contributed by atoms with van der Waals surface area (Å²) in [5, 5.41) is 4.39. The number of carbonyl (C=O) groups is 1. The number of rotatable bonds is 4. The van der Waals surface area contributed by atoms with Crippen LogP contribution in [-0.2, 0) is 30.4 Å². The third-order valence-electron chi connectivity index (χ3n) is 5.05. The standard InChI is InChI=1S/C22H27F4N5O3/c1-21(2,3)34-20(33)30-9-8-17-14(12-30)18(32)31(29(4)5)19(28-17)27-11-13-6-7-15(16(23)10-13)22(24,25)26/h6-7,10H,8-9,11-12H2,1-5H3,(H,27,28). The number of carbonyl (C=O) groups excluding carboxylic acids is 1. The van der Waals surface area contributed by atoms with Gasteiger partial charge in [0.25, 0.3) is 5.56 Å². The smallest absolute Gasteiger partial charge is 0.419 e. The molecular weight excluding hydrogens is 458 g/mol. The largest absolute Gasteiger partial charge is 0.444 e. The third-order valence-corrected chi connectivity index (χ3v) is 5.05. The molecule has 3 rings (SSSR count). The number of amides is 1. The molecule has 1 aromatic carbocycles. The maximum atomic E-state index is 13.9. The molecule has 0 spiro atoms. The normalized spacial score (nSPS) is 14.0. The molecule has 1 aliphatic rings. The van der Waals surface area contributed by atoms with E-state index in [0.29, 0.717) is 30.3 Å². The molecule has 0 unspecified atom stereocenters. The lowest BCUT2D eigenvalue weighted by molar-refractivity contribution is -0.140. The lowest BCUT2D eigenvalue weighted by atomic mass is 10.1. The van der Waals surface area contributed by atoms with Crippen molar-refractivity contribution in [2.45, 2.75) is 52.1 Å². The number of alkyl halides is 3. The molecule has 8 nitrogen and oxygen atoms in total. The highest BCUT2D eigenvalue weighted by Gasteiger charge is 2.34. The number of nitrogens with zero attached hydrogens (tertiary/aromatic N) is 4. The monoisotopic (exact) mass is 485 g/mol. The van der Waals surface area contributed by atoms with Crippen molar-refractivity contribution in [2.75, 3.05) is 31.0 Å². The fraction of sp³-hybridized carbons (Fsp3) is 0.500. The summed E-state index contributed by atoms with van der Waals surface area (Å²) in [5.74, 6) is -1.22. The first-order chi connectivity index (χ1) is 15.7. The van der Waals surface area contributed by atoms with E-state index in [1.54, 1.807) is 34.9 Å². The molecule has 1 amide bonds. The molecule has 12 heteroatoms. The zero-order chi connectivity index (χ0) is 25.4. The molecule has 0 radical (unpaired) electrons. The van der Waals surface area contributed by atoms with E-state index >= 15 is 0 Å². The Morgan fingerprint density at radius 1 is 1.24 bits per heavy atom. The quantitative estimate of drug-likeness (QED) is 0.668. The Labute approximate surface area is 194 Å². The van der Waals surface area contributed by atoms with E-state index in [2.05, 4.69) is 10.3 Å². The van der Waals surface area contributed by atoms with Crippen LogP contribution in [0.3, 0.4) is 0 Å². The molecule has 1 aromatic heterocycles. The molecule has 0 atom stereocenters. The molecule has 1 N–H and O–H groups in total. The van der Waals surface area contributed by atoms with Gasteiger partial charge in [0.15, 0.2) is 0 Å². The maximum absolute atomic E-state index is 13.9. The molecule has 1 aliphatic heterocycles. The van der Waals surface area contributed by atoms with Crippen LogP contribution in [0.4, 0.5) is 28.3 Å². The van der Waals surface area contributed by atoms with Crippen LogP contribution in [-0.4, -0.2) is 46.9 Å². The molecule has 34 heavy (non-hydrogen) atoms. The summed E-state index contributed by atoms with van der Waals surface area (Å²) in [7, 11) is 3.24. The summed E-state index contributed by atoms with van der Waals surface area (Å²) in [6.45, 7) is 5.55. The van der Waals surface area contributed by atoms with Gasteiger partial charge >= 0.3 is 12.3 Å². The molecule has 0 saturated heterocycles. The van der Waals surface area contributed by atoms with Crippen molar-refractivity contribution < 1.29 is 27.1 Å². The minimum Gasteiger partial charge on any atom is -0.444 e. The fourth-order valence-electron chi connectivity index (χ4n) is 3.51. The van der Waals surface area contributed by atoms with Crippen LogP contribution < -0.4 is 15.9 Å². The predicted molar refractivity (Wildman–Crippen MR) is 118 cm³/mol. The molecule has 0 bridgehead atoms. The fourth-order valence-corrected chi connectivity index (χ4v) is 3.51. The summed E-state index contributed by atoms with van der Waals surface area (Å²) >= 11 is 0. The van der Waals surface area contributed by atoms with Crippen LogP contribution >= 0.6 is 0 Å². The molecule has 0 fully saturated rings. The van der Waals surface area contributed by atoms with Gasteiger partial charge < -0.3 is 20.0 Å². The molecule has 2 aromatic rings. The Morgan fingerprint density at radius 2 is 1.91 bits per heavy atom. The van der Waals surface area contributed by atoms with E-state index in [9.17, 15) is 27.2 Å². The second-order valence-electron chi connectivity index (χ2n) is 9.14. The van der Waals surface area contributed by atoms with Crippen LogP contribution in [0.1, 0.15) is 43.2 Å². The summed E-state index contributed by atoms with van der Waals surface area (Å²) < 4.78 is 58.9. The second-order valence-corrected chi connectivity index (χ2v) is 9.14. The Kier molecular flexibility index (Phi) is 6.81. The number of aromatic nitrogens is 2. The number of hydrogen-bond donors (Lipinski definition) is 1. The van der Waals surface area contributed by atoms with E-state index < -0.39 is 34.8 Å². The maximum Gasteiger partial charge on any atom is 0.419 e. The van der Waals surface area contributed by atoms with E-state index in [1.807, 2.05) is 0 Å². The summed E-state index contributed by atoms with van der Waals surface area (Å²) in [6.07, 6.45) is -4.99. The van der Waals surface area contributed by atoms with Crippen molar-refractivity contribution >= 4 is 12.0 Å². The number of anilines is 1. The average Bonchev–Trinajstić information content (AvgIpc) is 2.69. The highest BCUT2D eigenvalue weighted by atomic mass is 19.4. The molecule has 0 saturated carbocycles. The zero-order valence-corrected chi connectivity index (χ0v) is 19.6. The van der Waals surface area contributed by atoms with E-state index in [-0.39, 0.29) is 24.6 Å². The first-order valence-corrected chi connectivity index (χ1v) is 10.6. The van der Waals surface area contributed by atoms with Gasteiger partial charge in [-0.2, -0.15) is 17.8 Å². The Bertz CT molecular complexity index is 1140. The van der Waals surface area contributed by atoms with Gasteiger partial charge in [0.1, 0.15) is 11.4 Å². The van der Waals surface area contributed by atoms with Crippen molar-refractivity contribution in [1.82, 2.24) is 14.6 Å². The van der Waals surface area contributed by atoms with Crippen molar-refractivity contribution in [3.05, 3.63) is 56.8 Å². The lowest BCUT2D eigenvalue weighted by Gasteiger charge is -2.31. The number of ether oxygens (including phenoxy) is 1. The SMILES string of the molecule is CN(C)n1c(NCc2ccc(C(F)(F)F)c(F)c2)nc2c(c1=O)CN(C(=O)OC(C)(C)C)CC2. The van der Waals surface area contributed by atoms with Gasteiger partial charge in [-0.25, -0.2) is 14.2 Å². The predicted octanol–water partition coefficient (Wildman–Crippen LogP) is 3.50. The third kappa shape index (κ3) is 5.60. The minimum atomic E-state index is -4.78. The van der Waals surface area contributed by atoms with Crippen molar-refractivity contribution in [2.24, 2.45) is 0 Å². The summed E-state index contributed by atoms with van der Waals surface area (Å²) in [5.41, 5.74) is -1.32. The Hall–Kier alpha value is -3.31. The van der Waals surface area contributed by atoms with Gasteiger partial charge in [0.2, 0.25) is 5.95 Å².